The van der Waals surface area contributed by atoms with E-state index in [4.69, 9.17) is 9.52 Å². The van der Waals surface area contributed by atoms with Crippen LogP contribution in [0.4, 0.5) is 0 Å². The van der Waals surface area contributed by atoms with E-state index in [-0.39, 0.29) is 6.61 Å². The van der Waals surface area contributed by atoms with Crippen LogP contribution in [-0.2, 0) is 13.2 Å². The maximum atomic E-state index is 8.94. The molecule has 0 aliphatic carbocycles. The van der Waals surface area contributed by atoms with Gasteiger partial charge in [0, 0.05) is 12.6 Å². The Bertz CT molecular complexity index is 334. The maximum Gasteiger partial charge on any atom is 0.129 e. The number of nitrogens with zero attached hydrogens (tertiary/aromatic N) is 1. The van der Waals surface area contributed by atoms with E-state index in [2.05, 4.69) is 18.7 Å². The normalized spacial score (nSPS) is 27.2. The van der Waals surface area contributed by atoms with Gasteiger partial charge in [-0.25, -0.2) is 0 Å². The van der Waals surface area contributed by atoms with Gasteiger partial charge in [-0.05, 0) is 37.8 Å². The van der Waals surface area contributed by atoms with Gasteiger partial charge in [-0.15, -0.1) is 0 Å². The van der Waals surface area contributed by atoms with Crippen LogP contribution in [0.2, 0.25) is 0 Å². The molecule has 0 aromatic carbocycles. The molecule has 0 saturated carbocycles. The lowest BCUT2D eigenvalue weighted by Gasteiger charge is -2.36. The van der Waals surface area contributed by atoms with E-state index in [0.717, 1.165) is 24.8 Å². The first-order valence-corrected chi connectivity index (χ1v) is 6.11. The van der Waals surface area contributed by atoms with Gasteiger partial charge in [0.05, 0.1) is 6.54 Å². The molecular formula is C13H21NO2. The minimum atomic E-state index is -0.00798. The van der Waals surface area contributed by atoms with Crippen molar-refractivity contribution in [2.75, 3.05) is 6.54 Å². The average Bonchev–Trinajstić information content (AvgIpc) is 2.71. The predicted octanol–water partition coefficient (Wildman–Crippen LogP) is 2.39. The molecule has 2 heterocycles. The van der Waals surface area contributed by atoms with Crippen LogP contribution in [0.5, 0.6) is 0 Å². The van der Waals surface area contributed by atoms with Crippen LogP contribution in [0, 0.1) is 5.92 Å². The van der Waals surface area contributed by atoms with Gasteiger partial charge in [-0.1, -0.05) is 6.92 Å². The fourth-order valence-corrected chi connectivity index (χ4v) is 2.39. The number of furan rings is 1. The zero-order valence-corrected chi connectivity index (χ0v) is 10.1. The molecule has 1 aliphatic heterocycles. The summed E-state index contributed by atoms with van der Waals surface area (Å²) in [4.78, 5) is 2.47. The van der Waals surface area contributed by atoms with Crippen LogP contribution in [0.15, 0.2) is 16.5 Å². The van der Waals surface area contributed by atoms with Crippen molar-refractivity contribution in [1.82, 2.24) is 4.90 Å². The van der Waals surface area contributed by atoms with Crippen molar-refractivity contribution in [1.29, 1.82) is 0 Å². The summed E-state index contributed by atoms with van der Waals surface area (Å²) in [5.74, 6) is 2.40. The Kier molecular flexibility index (Phi) is 3.66. The number of hydrogen-bond donors (Lipinski definition) is 1. The quantitative estimate of drug-likeness (QED) is 0.854. The minimum absolute atomic E-state index is 0.00798. The molecule has 0 radical (unpaired) electrons. The highest BCUT2D eigenvalue weighted by atomic mass is 16.4. The summed E-state index contributed by atoms with van der Waals surface area (Å²) in [5.41, 5.74) is 0. The number of aliphatic hydroxyl groups is 1. The summed E-state index contributed by atoms with van der Waals surface area (Å²) in [6, 6.07) is 4.46. The first-order chi connectivity index (χ1) is 7.69. The monoisotopic (exact) mass is 223 g/mol. The molecule has 1 aromatic heterocycles. The fraction of sp³-hybridized carbons (Fsp3) is 0.692. The van der Waals surface area contributed by atoms with Crippen LogP contribution in [0.3, 0.4) is 0 Å². The SMILES string of the molecule is CC1CCC(C)N(Cc2ccc(CO)o2)C1. The van der Waals surface area contributed by atoms with Gasteiger partial charge in [0.15, 0.2) is 0 Å². The van der Waals surface area contributed by atoms with E-state index in [1.807, 2.05) is 12.1 Å². The van der Waals surface area contributed by atoms with Crippen LogP contribution in [0.25, 0.3) is 0 Å². The van der Waals surface area contributed by atoms with Crippen molar-refractivity contribution < 1.29 is 9.52 Å². The molecule has 0 bridgehead atoms. The molecule has 2 rings (SSSR count). The molecule has 16 heavy (non-hydrogen) atoms. The largest absolute Gasteiger partial charge is 0.462 e. The molecule has 3 heteroatoms. The van der Waals surface area contributed by atoms with Gasteiger partial charge in [0.1, 0.15) is 18.1 Å². The molecule has 1 aliphatic rings. The van der Waals surface area contributed by atoms with Crippen LogP contribution >= 0.6 is 0 Å². The molecule has 90 valence electrons. The average molecular weight is 223 g/mol. The standard InChI is InChI=1S/C13H21NO2/c1-10-3-4-11(2)14(7-10)8-12-5-6-13(9-15)16-12/h5-6,10-11,15H,3-4,7-9H2,1-2H3. The second-order valence-corrected chi connectivity index (χ2v) is 4.99. The second-order valence-electron chi connectivity index (χ2n) is 4.99. The molecule has 3 nitrogen and oxygen atoms in total. The molecular weight excluding hydrogens is 202 g/mol. The number of hydrogen-bond acceptors (Lipinski definition) is 3. The van der Waals surface area contributed by atoms with Gasteiger partial charge in [0.25, 0.3) is 0 Å². The van der Waals surface area contributed by atoms with Crippen molar-refractivity contribution in [3.05, 3.63) is 23.7 Å². The smallest absolute Gasteiger partial charge is 0.129 e. The van der Waals surface area contributed by atoms with Gasteiger partial charge in [-0.3, -0.25) is 4.90 Å². The van der Waals surface area contributed by atoms with Crippen molar-refractivity contribution in [2.45, 2.75) is 45.9 Å². The van der Waals surface area contributed by atoms with E-state index in [0.29, 0.717) is 11.8 Å². The molecule has 2 unspecified atom stereocenters. The van der Waals surface area contributed by atoms with Crippen molar-refractivity contribution in [2.24, 2.45) is 5.92 Å². The van der Waals surface area contributed by atoms with Crippen molar-refractivity contribution >= 4 is 0 Å². The van der Waals surface area contributed by atoms with Crippen LogP contribution in [0.1, 0.15) is 38.2 Å². The van der Waals surface area contributed by atoms with E-state index in [1.54, 1.807) is 0 Å². The van der Waals surface area contributed by atoms with E-state index >= 15 is 0 Å². The Labute approximate surface area is 97.1 Å². The third-order valence-corrected chi connectivity index (χ3v) is 3.48. The van der Waals surface area contributed by atoms with Crippen molar-refractivity contribution in [3.63, 3.8) is 0 Å². The topological polar surface area (TPSA) is 36.6 Å². The van der Waals surface area contributed by atoms with Crippen molar-refractivity contribution in [3.8, 4) is 0 Å². The lowest BCUT2D eigenvalue weighted by molar-refractivity contribution is 0.107. The van der Waals surface area contributed by atoms with Crippen LogP contribution in [-0.4, -0.2) is 22.6 Å². The Balaban J connectivity index is 1.97. The number of piperidine rings is 1. The van der Waals surface area contributed by atoms with Gasteiger partial charge in [-0.2, -0.15) is 0 Å². The zero-order chi connectivity index (χ0) is 11.5. The maximum absolute atomic E-state index is 8.94. The highest BCUT2D eigenvalue weighted by Gasteiger charge is 2.23. The lowest BCUT2D eigenvalue weighted by Crippen LogP contribution is -2.40. The molecule has 1 saturated heterocycles. The van der Waals surface area contributed by atoms with E-state index in [9.17, 15) is 0 Å². The Hall–Kier alpha value is -0.800. The Morgan fingerprint density at radius 2 is 2.06 bits per heavy atom. The van der Waals surface area contributed by atoms with Gasteiger partial charge < -0.3 is 9.52 Å². The Morgan fingerprint density at radius 1 is 1.31 bits per heavy atom. The molecule has 1 fully saturated rings. The second kappa shape index (κ2) is 5.02. The van der Waals surface area contributed by atoms with Crippen LogP contribution < -0.4 is 0 Å². The summed E-state index contributed by atoms with van der Waals surface area (Å²) >= 11 is 0. The molecule has 1 N–H and O–H groups in total. The highest BCUT2D eigenvalue weighted by Crippen LogP contribution is 2.23. The number of rotatable bonds is 3. The summed E-state index contributed by atoms with van der Waals surface area (Å²) < 4.78 is 5.53. The van der Waals surface area contributed by atoms with E-state index < -0.39 is 0 Å². The van der Waals surface area contributed by atoms with Gasteiger partial charge >= 0.3 is 0 Å². The first-order valence-electron chi connectivity index (χ1n) is 6.11. The molecule has 2 atom stereocenters. The summed E-state index contributed by atoms with van der Waals surface area (Å²) in [7, 11) is 0. The van der Waals surface area contributed by atoms with E-state index in [1.165, 1.54) is 12.8 Å². The molecule has 0 amide bonds. The number of aliphatic hydroxyl groups excluding tert-OH is 1. The third kappa shape index (κ3) is 2.66. The van der Waals surface area contributed by atoms with Gasteiger partial charge in [0.2, 0.25) is 0 Å². The molecule has 0 spiro atoms. The predicted molar refractivity (Wildman–Crippen MR) is 62.9 cm³/mol. The lowest BCUT2D eigenvalue weighted by atomic mass is 9.95. The highest BCUT2D eigenvalue weighted by molar-refractivity contribution is 5.06. The summed E-state index contributed by atoms with van der Waals surface area (Å²) in [5, 5.41) is 8.94. The third-order valence-electron chi connectivity index (χ3n) is 3.48. The fourth-order valence-electron chi connectivity index (χ4n) is 2.39. The zero-order valence-electron chi connectivity index (χ0n) is 10.1. The summed E-state index contributed by atoms with van der Waals surface area (Å²) in [6.45, 7) is 6.59. The summed E-state index contributed by atoms with van der Waals surface area (Å²) in [6.07, 6.45) is 2.60. The molecule has 1 aromatic rings. The minimum Gasteiger partial charge on any atom is -0.462 e. The number of likely N-dealkylation sites (tertiary alicyclic amines) is 1. The first kappa shape index (κ1) is 11.7. The Morgan fingerprint density at radius 3 is 2.75 bits per heavy atom.